The number of carbonyl (C=O) groups is 1. The van der Waals surface area contributed by atoms with Gasteiger partial charge in [-0.3, -0.25) is 4.79 Å². The molecule has 1 aliphatic heterocycles. The molecule has 0 unspecified atom stereocenters. The van der Waals surface area contributed by atoms with E-state index in [1.165, 1.54) is 12.1 Å². The Balaban J connectivity index is 1.42. The monoisotopic (exact) mass is 393 g/mol. The van der Waals surface area contributed by atoms with E-state index in [9.17, 15) is 9.18 Å². The molecule has 0 radical (unpaired) electrons. The van der Waals surface area contributed by atoms with Crippen LogP contribution in [0.25, 0.3) is 0 Å². The maximum atomic E-state index is 12.8. The minimum atomic E-state index is -0.292. The molecule has 0 spiro atoms. The molecule has 7 heteroatoms. The Labute approximate surface area is 162 Å². The number of ether oxygens (including phenoxy) is 3. The molecule has 144 valence electrons. The molecule has 2 aromatic rings. The summed E-state index contributed by atoms with van der Waals surface area (Å²) in [4.78, 5) is 12.3. The lowest BCUT2D eigenvalue weighted by atomic mass is 10.2. The maximum absolute atomic E-state index is 12.8. The van der Waals surface area contributed by atoms with E-state index in [1.54, 1.807) is 24.3 Å². The average Bonchev–Trinajstić information content (AvgIpc) is 2.91. The summed E-state index contributed by atoms with van der Waals surface area (Å²) in [5.74, 6) is 1.11. The Kier molecular flexibility index (Phi) is 6.76. The summed E-state index contributed by atoms with van der Waals surface area (Å²) in [5.41, 5.74) is 0.437. The lowest BCUT2D eigenvalue weighted by molar-refractivity contribution is 0.0952. The van der Waals surface area contributed by atoms with Gasteiger partial charge in [0.25, 0.3) is 5.91 Å². The summed E-state index contributed by atoms with van der Waals surface area (Å²) in [6.07, 6.45) is 2.29. The number of rotatable bonds is 7. The summed E-state index contributed by atoms with van der Waals surface area (Å²) in [5, 5.41) is 3.22. The van der Waals surface area contributed by atoms with E-state index in [2.05, 4.69) is 5.32 Å². The third-order valence-corrected chi connectivity index (χ3v) is 4.28. The van der Waals surface area contributed by atoms with Crippen LogP contribution in [-0.2, 0) is 0 Å². The molecule has 1 N–H and O–H groups in total. The van der Waals surface area contributed by atoms with Crippen molar-refractivity contribution < 1.29 is 23.4 Å². The Morgan fingerprint density at radius 2 is 1.93 bits per heavy atom. The van der Waals surface area contributed by atoms with Crippen LogP contribution >= 0.6 is 11.6 Å². The zero-order chi connectivity index (χ0) is 19.1. The van der Waals surface area contributed by atoms with Gasteiger partial charge in [0, 0.05) is 18.5 Å². The highest BCUT2D eigenvalue weighted by Gasteiger charge is 2.18. The first-order valence-electron chi connectivity index (χ1n) is 8.89. The van der Waals surface area contributed by atoms with Crippen molar-refractivity contribution in [3.63, 3.8) is 0 Å². The number of benzene rings is 2. The fourth-order valence-corrected chi connectivity index (χ4v) is 2.88. The molecule has 1 aliphatic rings. The Bertz CT molecular complexity index is 782. The van der Waals surface area contributed by atoms with Gasteiger partial charge in [0.1, 0.15) is 11.6 Å². The third-order valence-electron chi connectivity index (χ3n) is 4.00. The third kappa shape index (κ3) is 5.50. The smallest absolute Gasteiger partial charge is 0.251 e. The predicted molar refractivity (Wildman–Crippen MR) is 101 cm³/mol. The zero-order valence-electron chi connectivity index (χ0n) is 14.8. The van der Waals surface area contributed by atoms with Crippen molar-refractivity contribution in [2.75, 3.05) is 26.4 Å². The van der Waals surface area contributed by atoms with Gasteiger partial charge in [0.15, 0.2) is 11.5 Å². The van der Waals surface area contributed by atoms with Crippen LogP contribution in [0.3, 0.4) is 0 Å². The molecule has 1 heterocycles. The first kappa shape index (κ1) is 19.3. The van der Waals surface area contributed by atoms with Crippen LogP contribution in [-0.4, -0.2) is 32.3 Å². The minimum Gasteiger partial charge on any atom is -0.494 e. The molecule has 0 atom stereocenters. The summed E-state index contributed by atoms with van der Waals surface area (Å²) in [6.45, 7) is 2.08. The van der Waals surface area contributed by atoms with Gasteiger partial charge in [0.05, 0.1) is 24.8 Å². The van der Waals surface area contributed by atoms with Crippen molar-refractivity contribution in [1.29, 1.82) is 0 Å². The van der Waals surface area contributed by atoms with Crippen LogP contribution in [0.1, 0.15) is 29.6 Å². The highest BCUT2D eigenvalue weighted by Crippen LogP contribution is 2.37. The quantitative estimate of drug-likeness (QED) is 0.715. The lowest BCUT2D eigenvalue weighted by Gasteiger charge is -2.12. The number of hydrogen-bond donors (Lipinski definition) is 1. The second-order valence-corrected chi connectivity index (χ2v) is 6.51. The highest BCUT2D eigenvalue weighted by molar-refractivity contribution is 6.32. The Hall–Kier alpha value is -2.47. The van der Waals surface area contributed by atoms with Crippen LogP contribution in [0.4, 0.5) is 4.39 Å². The first-order valence-corrected chi connectivity index (χ1v) is 9.27. The van der Waals surface area contributed by atoms with E-state index >= 15 is 0 Å². The van der Waals surface area contributed by atoms with Gasteiger partial charge in [-0.15, -0.1) is 0 Å². The number of carbonyl (C=O) groups excluding carboxylic acids is 1. The molecule has 3 rings (SSSR count). The normalized spacial score (nSPS) is 13.0. The van der Waals surface area contributed by atoms with Crippen LogP contribution < -0.4 is 19.5 Å². The fourth-order valence-electron chi connectivity index (χ4n) is 2.61. The van der Waals surface area contributed by atoms with Crippen LogP contribution in [0.5, 0.6) is 17.2 Å². The summed E-state index contributed by atoms with van der Waals surface area (Å²) >= 11 is 6.21. The van der Waals surface area contributed by atoms with Crippen molar-refractivity contribution in [3.8, 4) is 17.2 Å². The van der Waals surface area contributed by atoms with Crippen molar-refractivity contribution in [2.24, 2.45) is 0 Å². The Morgan fingerprint density at radius 1 is 1.15 bits per heavy atom. The largest absolute Gasteiger partial charge is 0.494 e. The van der Waals surface area contributed by atoms with Gasteiger partial charge in [-0.05, 0) is 49.2 Å². The molecule has 0 bridgehead atoms. The molecule has 0 aromatic heterocycles. The summed E-state index contributed by atoms with van der Waals surface area (Å²) < 4.78 is 29.5. The number of unbranched alkanes of at least 4 members (excludes halogenated alkanes) is 1. The number of fused-ring (bicyclic) bond motifs is 1. The molecule has 2 aromatic carbocycles. The van der Waals surface area contributed by atoms with E-state index in [0.29, 0.717) is 54.2 Å². The summed E-state index contributed by atoms with van der Waals surface area (Å²) in [7, 11) is 0. The number of amides is 1. The SMILES string of the molecule is O=C(NCCCCOc1ccc(F)cc1)c1cc(Cl)c2c(c1)OCCCO2. The van der Waals surface area contributed by atoms with Crippen molar-refractivity contribution >= 4 is 17.5 Å². The zero-order valence-corrected chi connectivity index (χ0v) is 15.6. The number of hydrogen-bond acceptors (Lipinski definition) is 4. The average molecular weight is 394 g/mol. The summed E-state index contributed by atoms with van der Waals surface area (Å²) in [6, 6.07) is 9.13. The predicted octanol–water partition coefficient (Wildman–Crippen LogP) is 4.23. The molecule has 27 heavy (non-hydrogen) atoms. The molecular formula is C20H21ClFNO4. The maximum Gasteiger partial charge on any atom is 0.251 e. The van der Waals surface area contributed by atoms with Gasteiger partial charge in [-0.1, -0.05) is 11.6 Å². The molecule has 0 fully saturated rings. The van der Waals surface area contributed by atoms with Crippen LogP contribution in [0.15, 0.2) is 36.4 Å². The minimum absolute atomic E-state index is 0.216. The highest BCUT2D eigenvalue weighted by atomic mass is 35.5. The van der Waals surface area contributed by atoms with E-state index < -0.39 is 0 Å². The second kappa shape index (κ2) is 9.46. The molecule has 0 aliphatic carbocycles. The van der Waals surface area contributed by atoms with Gasteiger partial charge in [-0.2, -0.15) is 0 Å². The van der Waals surface area contributed by atoms with Gasteiger partial charge < -0.3 is 19.5 Å². The van der Waals surface area contributed by atoms with Crippen molar-refractivity contribution in [1.82, 2.24) is 5.32 Å². The molecular weight excluding hydrogens is 373 g/mol. The molecule has 1 amide bonds. The topological polar surface area (TPSA) is 56.8 Å². The van der Waals surface area contributed by atoms with E-state index in [4.69, 9.17) is 25.8 Å². The number of nitrogens with one attached hydrogen (secondary N) is 1. The Morgan fingerprint density at radius 3 is 2.74 bits per heavy atom. The standard InChI is InChI=1S/C20H21ClFNO4/c21-17-12-14(13-18-19(17)27-11-3-10-26-18)20(24)23-8-1-2-9-25-16-6-4-15(22)5-7-16/h4-7,12-13H,1-3,8-11H2,(H,23,24). The lowest BCUT2D eigenvalue weighted by Crippen LogP contribution is -2.24. The second-order valence-electron chi connectivity index (χ2n) is 6.10. The van der Waals surface area contributed by atoms with Gasteiger partial charge >= 0.3 is 0 Å². The van der Waals surface area contributed by atoms with E-state index in [-0.39, 0.29) is 11.7 Å². The molecule has 0 saturated heterocycles. The van der Waals surface area contributed by atoms with E-state index in [1.807, 2.05) is 0 Å². The molecule has 5 nitrogen and oxygen atoms in total. The number of halogens is 2. The van der Waals surface area contributed by atoms with E-state index in [0.717, 1.165) is 19.3 Å². The molecule has 0 saturated carbocycles. The van der Waals surface area contributed by atoms with Gasteiger partial charge in [-0.25, -0.2) is 4.39 Å². The first-order chi connectivity index (χ1) is 13.1. The van der Waals surface area contributed by atoms with Crippen LogP contribution in [0.2, 0.25) is 5.02 Å². The van der Waals surface area contributed by atoms with Crippen LogP contribution in [0, 0.1) is 5.82 Å². The van der Waals surface area contributed by atoms with Crippen molar-refractivity contribution in [2.45, 2.75) is 19.3 Å². The van der Waals surface area contributed by atoms with Crippen molar-refractivity contribution in [3.05, 3.63) is 52.8 Å². The fraction of sp³-hybridized carbons (Fsp3) is 0.350. The van der Waals surface area contributed by atoms with Gasteiger partial charge in [0.2, 0.25) is 0 Å².